The minimum Gasteiger partial charge on any atom is -0.493 e. The van der Waals surface area contributed by atoms with Gasteiger partial charge in [0.15, 0.2) is 22.4 Å². The molecule has 1 aliphatic heterocycles. The molecule has 0 saturated carbocycles. The van der Waals surface area contributed by atoms with Crippen LogP contribution in [-0.2, 0) is 4.79 Å². The maximum absolute atomic E-state index is 13.7. The van der Waals surface area contributed by atoms with Crippen LogP contribution in [0.5, 0.6) is 17.2 Å². The second-order valence-corrected chi connectivity index (χ2v) is 8.14. The van der Waals surface area contributed by atoms with Crippen molar-refractivity contribution < 1.29 is 23.5 Å². The Morgan fingerprint density at radius 1 is 1.06 bits per heavy atom. The van der Waals surface area contributed by atoms with E-state index in [1.807, 2.05) is 48.2 Å². The van der Waals surface area contributed by atoms with Gasteiger partial charge in [0.25, 0.3) is 5.91 Å². The fourth-order valence-corrected chi connectivity index (χ4v) is 4.48. The maximum Gasteiger partial charge on any atom is 0.257 e. The van der Waals surface area contributed by atoms with Gasteiger partial charge in [-0.2, -0.15) is 0 Å². The summed E-state index contributed by atoms with van der Waals surface area (Å²) in [5, 5.41) is 10.5. The average Bonchev–Trinajstić information content (AvgIpc) is 3.27. The molecule has 1 aliphatic rings. The van der Waals surface area contributed by atoms with Gasteiger partial charge in [-0.3, -0.25) is 9.69 Å². The van der Waals surface area contributed by atoms with E-state index in [1.165, 1.54) is 14.2 Å². The van der Waals surface area contributed by atoms with Crippen molar-refractivity contribution in [1.29, 1.82) is 0 Å². The van der Waals surface area contributed by atoms with E-state index in [9.17, 15) is 4.79 Å². The first kappa shape index (κ1) is 24.1. The van der Waals surface area contributed by atoms with Crippen molar-refractivity contribution in [3.8, 4) is 17.2 Å². The zero-order chi connectivity index (χ0) is 25.1. The first-order valence-corrected chi connectivity index (χ1v) is 11.2. The Morgan fingerprint density at radius 2 is 1.77 bits per heavy atom. The second kappa shape index (κ2) is 10.1. The molecule has 10 heteroatoms. The molecular weight excluding hydrogens is 468 g/mol. The molecule has 0 saturated heterocycles. The predicted octanol–water partition coefficient (Wildman–Crippen LogP) is 4.36. The van der Waals surface area contributed by atoms with Crippen molar-refractivity contribution in [2.24, 2.45) is 0 Å². The molecule has 0 aliphatic carbocycles. The molecule has 4 rings (SSSR count). The number of aryl methyl sites for hydroxylation is 1. The van der Waals surface area contributed by atoms with Gasteiger partial charge in [0.1, 0.15) is 5.76 Å². The number of anilines is 2. The first-order chi connectivity index (χ1) is 16.9. The molecular formula is C25H26N4O5S. The van der Waals surface area contributed by atoms with Gasteiger partial charge >= 0.3 is 0 Å². The lowest BCUT2D eigenvalue weighted by Gasteiger charge is -2.38. The van der Waals surface area contributed by atoms with Gasteiger partial charge in [0, 0.05) is 23.0 Å². The van der Waals surface area contributed by atoms with E-state index in [4.69, 9.17) is 31.0 Å². The minimum absolute atomic E-state index is 0.310. The number of allylic oxidation sites excluding steroid dienone is 1. The third-order valence-corrected chi connectivity index (χ3v) is 5.96. The molecule has 9 nitrogen and oxygen atoms in total. The van der Waals surface area contributed by atoms with E-state index in [-0.39, 0.29) is 5.91 Å². The van der Waals surface area contributed by atoms with Gasteiger partial charge < -0.3 is 29.4 Å². The van der Waals surface area contributed by atoms with Crippen LogP contribution in [0.25, 0.3) is 0 Å². The Balaban J connectivity index is 1.88. The summed E-state index contributed by atoms with van der Waals surface area (Å²) in [6.45, 7) is 3.60. The number of nitrogens with zero attached hydrogens (tertiary/aromatic N) is 2. The molecule has 0 bridgehead atoms. The van der Waals surface area contributed by atoms with E-state index >= 15 is 0 Å². The normalized spacial score (nSPS) is 15.5. The number of nitrogens with one attached hydrogen (secondary N) is 2. The van der Waals surface area contributed by atoms with E-state index in [1.54, 1.807) is 26.2 Å². The van der Waals surface area contributed by atoms with Crippen LogP contribution in [0.2, 0.25) is 0 Å². The summed E-state index contributed by atoms with van der Waals surface area (Å²) in [5.41, 5.74) is 2.55. The summed E-state index contributed by atoms with van der Waals surface area (Å²) in [4.78, 5) is 15.5. The van der Waals surface area contributed by atoms with Crippen LogP contribution in [0.1, 0.15) is 24.3 Å². The fraction of sp³-hybridized carbons (Fsp3) is 0.240. The zero-order valence-corrected chi connectivity index (χ0v) is 20.9. The van der Waals surface area contributed by atoms with Gasteiger partial charge in [-0.05, 0) is 50.3 Å². The van der Waals surface area contributed by atoms with Gasteiger partial charge in [-0.15, -0.1) is 0 Å². The summed E-state index contributed by atoms with van der Waals surface area (Å²) < 4.78 is 21.8. The largest absolute Gasteiger partial charge is 0.493 e. The van der Waals surface area contributed by atoms with E-state index in [0.717, 1.165) is 5.69 Å². The lowest BCUT2D eigenvalue weighted by Crippen LogP contribution is -2.48. The zero-order valence-electron chi connectivity index (χ0n) is 20.0. The molecule has 1 aromatic heterocycles. The van der Waals surface area contributed by atoms with Crippen molar-refractivity contribution in [2.45, 2.75) is 19.9 Å². The number of hydrogen-bond donors (Lipinski definition) is 2. The number of hydrogen-bond acceptors (Lipinski definition) is 7. The Labute approximate surface area is 208 Å². The Morgan fingerprint density at radius 3 is 2.37 bits per heavy atom. The van der Waals surface area contributed by atoms with Crippen molar-refractivity contribution in [2.75, 3.05) is 31.5 Å². The number of para-hydroxylation sites is 1. The Kier molecular flexibility index (Phi) is 6.92. The molecule has 0 fully saturated rings. The number of benzene rings is 2. The highest BCUT2D eigenvalue weighted by atomic mass is 32.1. The monoisotopic (exact) mass is 494 g/mol. The topological polar surface area (TPSA) is 98.1 Å². The third-order valence-electron chi connectivity index (χ3n) is 5.66. The Hall–Kier alpha value is -4.05. The van der Waals surface area contributed by atoms with Crippen LogP contribution in [0, 0.1) is 6.92 Å². The second-order valence-electron chi connectivity index (χ2n) is 7.75. The molecule has 0 radical (unpaired) electrons. The number of carbonyl (C=O) groups excluding carboxylic acids is 1. The molecule has 1 amide bonds. The first-order valence-electron chi connectivity index (χ1n) is 10.8. The van der Waals surface area contributed by atoms with E-state index in [0.29, 0.717) is 50.8 Å². The lowest BCUT2D eigenvalue weighted by atomic mass is 9.92. The molecule has 1 atom stereocenters. The molecule has 0 spiro atoms. The highest BCUT2D eigenvalue weighted by molar-refractivity contribution is 7.80. The summed E-state index contributed by atoms with van der Waals surface area (Å²) in [7, 11) is 4.61. The van der Waals surface area contributed by atoms with Gasteiger partial charge in [-0.1, -0.05) is 23.4 Å². The number of carbonyl (C=O) groups is 1. The number of thiocarbonyl (C=S) groups is 1. The van der Waals surface area contributed by atoms with E-state index in [2.05, 4.69) is 15.8 Å². The van der Waals surface area contributed by atoms with Crippen molar-refractivity contribution in [1.82, 2.24) is 10.5 Å². The summed E-state index contributed by atoms with van der Waals surface area (Å²) in [5.74, 6) is 1.87. The molecule has 2 N–H and O–H groups in total. The molecule has 35 heavy (non-hydrogen) atoms. The smallest absolute Gasteiger partial charge is 0.257 e. The highest BCUT2D eigenvalue weighted by Gasteiger charge is 2.37. The summed E-state index contributed by atoms with van der Waals surface area (Å²) >= 11 is 5.75. The minimum atomic E-state index is -0.648. The maximum atomic E-state index is 13.7. The number of rotatable bonds is 7. The van der Waals surface area contributed by atoms with Crippen molar-refractivity contribution >= 4 is 34.7 Å². The molecule has 2 heterocycles. The third kappa shape index (κ3) is 4.52. The standard InChI is InChI=1S/C25H26N4O5S/c1-14-13-19(28-34-14)26-24(30)20-15(2)29(16-9-7-6-8-10-16)25(35)27-21(20)17-11-12-18(31-3)23(33-5)22(17)32-4/h6-13,21H,1-5H3,(H,27,35)(H,26,28,30). The van der Waals surface area contributed by atoms with Gasteiger partial charge in [0.05, 0.1) is 32.9 Å². The summed E-state index contributed by atoms with van der Waals surface area (Å²) in [6.07, 6.45) is 0. The molecule has 2 aromatic carbocycles. The van der Waals surface area contributed by atoms with Crippen LogP contribution < -0.4 is 29.7 Å². The predicted molar refractivity (Wildman–Crippen MR) is 136 cm³/mol. The Bertz CT molecular complexity index is 1290. The van der Waals surface area contributed by atoms with Gasteiger partial charge in [0.2, 0.25) is 5.75 Å². The van der Waals surface area contributed by atoms with Crippen LogP contribution >= 0.6 is 12.2 Å². The van der Waals surface area contributed by atoms with Crippen LogP contribution in [0.3, 0.4) is 0 Å². The lowest BCUT2D eigenvalue weighted by molar-refractivity contribution is -0.113. The molecule has 1 unspecified atom stereocenters. The quantitative estimate of drug-likeness (QED) is 0.464. The highest BCUT2D eigenvalue weighted by Crippen LogP contribution is 2.45. The number of aromatic nitrogens is 1. The summed E-state index contributed by atoms with van der Waals surface area (Å²) in [6, 6.07) is 14.2. The van der Waals surface area contributed by atoms with Crippen molar-refractivity contribution in [3.63, 3.8) is 0 Å². The molecule has 3 aromatic rings. The van der Waals surface area contributed by atoms with Crippen LogP contribution in [0.4, 0.5) is 11.5 Å². The number of ether oxygens (including phenoxy) is 3. The fourth-order valence-electron chi connectivity index (χ4n) is 4.12. The van der Waals surface area contributed by atoms with Crippen LogP contribution in [-0.4, -0.2) is 37.5 Å². The van der Waals surface area contributed by atoms with Crippen LogP contribution in [0.15, 0.2) is 64.3 Å². The molecule has 182 valence electrons. The van der Waals surface area contributed by atoms with Crippen molar-refractivity contribution in [3.05, 3.63) is 71.1 Å². The SMILES string of the molecule is COc1ccc(C2NC(=S)N(c3ccccc3)C(C)=C2C(=O)Nc2cc(C)on2)c(OC)c1OC. The van der Waals surface area contributed by atoms with E-state index < -0.39 is 6.04 Å². The number of amides is 1. The number of methoxy groups -OCH3 is 3. The average molecular weight is 495 g/mol. The van der Waals surface area contributed by atoms with Gasteiger partial charge in [-0.25, -0.2) is 0 Å².